The number of nitrogens with one attached hydrogen (secondary N) is 3. The van der Waals surface area contributed by atoms with Crippen LogP contribution in [0.3, 0.4) is 0 Å². The average molecular weight is 361 g/mol. The zero-order chi connectivity index (χ0) is 18.8. The number of benzene rings is 2. The topological polar surface area (TPSA) is 91.1 Å². The molecular formula is C21H19N3O3. The van der Waals surface area contributed by atoms with Crippen LogP contribution in [0, 0.1) is 5.92 Å². The number of H-pyrrole nitrogens is 1. The molecule has 6 heteroatoms. The van der Waals surface area contributed by atoms with Gasteiger partial charge in [-0.15, -0.1) is 0 Å². The minimum Gasteiger partial charge on any atom is -0.348 e. The molecule has 1 fully saturated rings. The Hall–Kier alpha value is -3.41. The van der Waals surface area contributed by atoms with Gasteiger partial charge in [0.15, 0.2) is 0 Å². The highest BCUT2D eigenvalue weighted by Crippen LogP contribution is 2.30. The number of carbonyl (C=O) groups is 2. The van der Waals surface area contributed by atoms with E-state index >= 15 is 0 Å². The van der Waals surface area contributed by atoms with Crippen LogP contribution >= 0.6 is 0 Å². The van der Waals surface area contributed by atoms with Gasteiger partial charge in [-0.05, 0) is 48.1 Å². The van der Waals surface area contributed by atoms with Crippen molar-refractivity contribution in [1.82, 2.24) is 10.3 Å². The molecule has 6 nitrogen and oxygen atoms in total. The van der Waals surface area contributed by atoms with Crippen molar-refractivity contribution in [2.75, 3.05) is 5.32 Å². The van der Waals surface area contributed by atoms with Crippen molar-refractivity contribution >= 4 is 28.4 Å². The van der Waals surface area contributed by atoms with Crippen LogP contribution in [0.1, 0.15) is 28.8 Å². The van der Waals surface area contributed by atoms with Crippen LogP contribution in [0.4, 0.5) is 5.69 Å². The molecule has 0 bridgehead atoms. The number of pyridine rings is 1. The predicted molar refractivity (Wildman–Crippen MR) is 104 cm³/mol. The second-order valence-corrected chi connectivity index (χ2v) is 6.75. The Labute approximate surface area is 155 Å². The van der Waals surface area contributed by atoms with Crippen molar-refractivity contribution in [3.8, 4) is 0 Å². The summed E-state index contributed by atoms with van der Waals surface area (Å²) in [6.45, 7) is 0.262. The minimum atomic E-state index is -0.436. The highest BCUT2D eigenvalue weighted by molar-refractivity contribution is 5.97. The van der Waals surface area contributed by atoms with Crippen LogP contribution in [-0.2, 0) is 11.3 Å². The van der Waals surface area contributed by atoms with Gasteiger partial charge in [-0.2, -0.15) is 0 Å². The molecule has 2 amide bonds. The number of para-hydroxylation sites is 1. The van der Waals surface area contributed by atoms with Gasteiger partial charge in [-0.1, -0.05) is 30.3 Å². The van der Waals surface area contributed by atoms with Gasteiger partial charge in [0.1, 0.15) is 5.56 Å². The molecule has 0 atom stereocenters. The van der Waals surface area contributed by atoms with E-state index in [1.54, 1.807) is 12.1 Å². The number of anilines is 1. The third-order valence-electron chi connectivity index (χ3n) is 4.59. The lowest BCUT2D eigenvalue weighted by atomic mass is 10.1. The molecule has 1 heterocycles. The second kappa shape index (κ2) is 7.07. The van der Waals surface area contributed by atoms with E-state index in [0.717, 1.165) is 23.8 Å². The number of amides is 2. The molecule has 4 rings (SSSR count). The predicted octanol–water partition coefficient (Wildman–Crippen LogP) is 2.81. The van der Waals surface area contributed by atoms with Crippen LogP contribution in [0.25, 0.3) is 10.9 Å². The van der Waals surface area contributed by atoms with Gasteiger partial charge in [0, 0.05) is 23.7 Å². The number of aromatic amines is 1. The molecule has 0 spiro atoms. The van der Waals surface area contributed by atoms with E-state index < -0.39 is 11.5 Å². The van der Waals surface area contributed by atoms with Crippen molar-refractivity contribution < 1.29 is 9.59 Å². The zero-order valence-corrected chi connectivity index (χ0v) is 14.6. The van der Waals surface area contributed by atoms with E-state index in [4.69, 9.17) is 0 Å². The third-order valence-corrected chi connectivity index (χ3v) is 4.59. The zero-order valence-electron chi connectivity index (χ0n) is 14.6. The summed E-state index contributed by atoms with van der Waals surface area (Å²) in [6, 6.07) is 16.2. The summed E-state index contributed by atoms with van der Waals surface area (Å²) in [4.78, 5) is 39.2. The Morgan fingerprint density at radius 1 is 1.04 bits per heavy atom. The molecule has 1 aliphatic carbocycles. The average Bonchev–Trinajstić information content (AvgIpc) is 3.51. The molecule has 0 saturated heterocycles. The lowest BCUT2D eigenvalue weighted by Gasteiger charge is -2.09. The maximum atomic E-state index is 12.4. The van der Waals surface area contributed by atoms with E-state index in [0.29, 0.717) is 11.2 Å². The largest absolute Gasteiger partial charge is 0.348 e. The molecule has 1 saturated carbocycles. The van der Waals surface area contributed by atoms with Crippen LogP contribution in [-0.4, -0.2) is 16.8 Å². The van der Waals surface area contributed by atoms with E-state index in [1.807, 2.05) is 42.5 Å². The van der Waals surface area contributed by atoms with E-state index in [2.05, 4.69) is 15.6 Å². The summed E-state index contributed by atoms with van der Waals surface area (Å²) < 4.78 is 0. The summed E-state index contributed by atoms with van der Waals surface area (Å²) in [5.41, 5.74) is 1.90. The van der Waals surface area contributed by atoms with Crippen LogP contribution < -0.4 is 16.2 Å². The smallest absolute Gasteiger partial charge is 0.261 e. The van der Waals surface area contributed by atoms with E-state index in [1.165, 1.54) is 0 Å². The Bertz CT molecular complexity index is 1080. The molecule has 0 aliphatic heterocycles. The fraction of sp³-hybridized carbons (Fsp3) is 0.190. The molecule has 1 aliphatic rings. The number of hydrogen-bond acceptors (Lipinski definition) is 3. The number of fused-ring (bicyclic) bond motifs is 1. The Morgan fingerprint density at radius 2 is 1.85 bits per heavy atom. The van der Waals surface area contributed by atoms with Gasteiger partial charge < -0.3 is 15.6 Å². The second-order valence-electron chi connectivity index (χ2n) is 6.75. The first-order valence-electron chi connectivity index (χ1n) is 8.90. The molecule has 3 aromatic rings. The first-order valence-corrected chi connectivity index (χ1v) is 8.90. The highest BCUT2D eigenvalue weighted by Gasteiger charge is 2.29. The number of carbonyl (C=O) groups excluding carboxylic acids is 2. The van der Waals surface area contributed by atoms with Crippen molar-refractivity contribution in [2.45, 2.75) is 19.4 Å². The molecule has 0 radical (unpaired) electrons. The van der Waals surface area contributed by atoms with Gasteiger partial charge in [-0.3, -0.25) is 14.4 Å². The monoisotopic (exact) mass is 361 g/mol. The molecular weight excluding hydrogens is 342 g/mol. The third kappa shape index (κ3) is 3.89. The van der Waals surface area contributed by atoms with Crippen LogP contribution in [0.15, 0.2) is 59.4 Å². The van der Waals surface area contributed by atoms with Gasteiger partial charge >= 0.3 is 0 Å². The first kappa shape index (κ1) is 17.0. The summed E-state index contributed by atoms with van der Waals surface area (Å²) in [5, 5.41) is 6.45. The maximum Gasteiger partial charge on any atom is 0.261 e. The molecule has 2 aromatic carbocycles. The molecule has 3 N–H and O–H groups in total. The summed E-state index contributed by atoms with van der Waals surface area (Å²) in [6.07, 6.45) is 1.89. The molecule has 0 unspecified atom stereocenters. The lowest BCUT2D eigenvalue weighted by molar-refractivity contribution is -0.117. The maximum absolute atomic E-state index is 12.4. The van der Waals surface area contributed by atoms with E-state index in [-0.39, 0.29) is 23.9 Å². The van der Waals surface area contributed by atoms with Crippen LogP contribution in [0.5, 0.6) is 0 Å². The quantitative estimate of drug-likeness (QED) is 0.653. The highest BCUT2D eigenvalue weighted by atomic mass is 16.2. The standard InChI is InChI=1S/C21H19N3O3/c25-19(14-8-9-14)23-16-6-3-4-13(10-16)12-22-20(26)17-11-15-5-1-2-7-18(15)24-21(17)27/h1-7,10-11,14H,8-9,12H2,(H,22,26)(H,23,25)(H,24,27). The Kier molecular flexibility index (Phi) is 4.46. The van der Waals surface area contributed by atoms with Crippen LogP contribution in [0.2, 0.25) is 0 Å². The number of hydrogen-bond donors (Lipinski definition) is 3. The summed E-state index contributed by atoms with van der Waals surface area (Å²) in [7, 11) is 0. The van der Waals surface area contributed by atoms with E-state index in [9.17, 15) is 14.4 Å². The van der Waals surface area contributed by atoms with Crippen molar-refractivity contribution in [3.05, 3.63) is 76.1 Å². The first-order chi connectivity index (χ1) is 13.1. The number of rotatable bonds is 5. The summed E-state index contributed by atoms with van der Waals surface area (Å²) in [5.74, 6) is -0.263. The molecule has 136 valence electrons. The normalized spacial score (nSPS) is 13.3. The van der Waals surface area contributed by atoms with Gasteiger partial charge in [-0.25, -0.2) is 0 Å². The molecule has 27 heavy (non-hydrogen) atoms. The van der Waals surface area contributed by atoms with Crippen molar-refractivity contribution in [2.24, 2.45) is 5.92 Å². The van der Waals surface area contributed by atoms with Crippen molar-refractivity contribution in [3.63, 3.8) is 0 Å². The molecule has 1 aromatic heterocycles. The summed E-state index contributed by atoms with van der Waals surface area (Å²) >= 11 is 0. The fourth-order valence-electron chi connectivity index (χ4n) is 2.94. The number of aromatic nitrogens is 1. The SMILES string of the molecule is O=C(NCc1cccc(NC(=O)C2CC2)c1)c1cc2ccccc2[nH]c1=O. The van der Waals surface area contributed by atoms with Crippen molar-refractivity contribution in [1.29, 1.82) is 0 Å². The fourth-order valence-corrected chi connectivity index (χ4v) is 2.94. The Morgan fingerprint density at radius 3 is 2.67 bits per heavy atom. The minimum absolute atomic E-state index is 0.0406. The van der Waals surface area contributed by atoms with Gasteiger partial charge in [0.2, 0.25) is 5.91 Å². The van der Waals surface area contributed by atoms with Gasteiger partial charge in [0.25, 0.3) is 11.5 Å². The lowest BCUT2D eigenvalue weighted by Crippen LogP contribution is -2.29. The Balaban J connectivity index is 1.45. The van der Waals surface area contributed by atoms with Gasteiger partial charge in [0.05, 0.1) is 0 Å².